The van der Waals surface area contributed by atoms with E-state index in [4.69, 9.17) is 9.84 Å². The van der Waals surface area contributed by atoms with Gasteiger partial charge in [-0.2, -0.15) is 13.2 Å². The van der Waals surface area contributed by atoms with Crippen LogP contribution in [0.3, 0.4) is 0 Å². The van der Waals surface area contributed by atoms with E-state index in [0.29, 0.717) is 18.6 Å². The first-order valence-electron chi connectivity index (χ1n) is 10.7. The van der Waals surface area contributed by atoms with Gasteiger partial charge >= 0.3 is 12.1 Å². The molecule has 9 heteroatoms. The number of thioether (sulfide) groups is 1. The van der Waals surface area contributed by atoms with Gasteiger partial charge in [-0.25, -0.2) is 9.97 Å². The summed E-state index contributed by atoms with van der Waals surface area (Å²) in [5.74, 6) is 0.396. The molecule has 0 saturated heterocycles. The Kier molecular flexibility index (Phi) is 8.55. The van der Waals surface area contributed by atoms with Gasteiger partial charge in [0.05, 0.1) is 17.2 Å². The number of hydrogen-bond donors (Lipinski definition) is 1. The van der Waals surface area contributed by atoms with Crippen LogP contribution in [0.2, 0.25) is 0 Å². The molecule has 0 amide bonds. The van der Waals surface area contributed by atoms with Gasteiger partial charge < -0.3 is 9.84 Å². The first kappa shape index (κ1) is 25.6. The van der Waals surface area contributed by atoms with Crippen LogP contribution in [0, 0.1) is 6.92 Å². The number of halogens is 3. The predicted molar refractivity (Wildman–Crippen MR) is 125 cm³/mol. The van der Waals surface area contributed by atoms with Gasteiger partial charge in [0.1, 0.15) is 5.75 Å². The Labute approximate surface area is 200 Å². The number of aromatic nitrogens is 2. The lowest BCUT2D eigenvalue weighted by Gasteiger charge is -2.18. The number of carboxylic acids is 1. The molecule has 180 valence electrons. The molecular weight excluding hydrogens is 465 g/mol. The summed E-state index contributed by atoms with van der Waals surface area (Å²) in [5, 5.41) is 8.85. The van der Waals surface area contributed by atoms with Crippen molar-refractivity contribution in [2.24, 2.45) is 0 Å². The summed E-state index contributed by atoms with van der Waals surface area (Å²) in [6.07, 6.45) is -0.517. The number of carboxylic acid groups (broad SMARTS) is 1. The average Bonchev–Trinajstić information content (AvgIpc) is 2.78. The Balaban J connectivity index is 1.63. The van der Waals surface area contributed by atoms with E-state index in [0.717, 1.165) is 33.9 Å². The number of rotatable bonds is 10. The third kappa shape index (κ3) is 7.21. The maximum absolute atomic E-state index is 13.2. The zero-order valence-corrected chi connectivity index (χ0v) is 19.6. The van der Waals surface area contributed by atoms with Gasteiger partial charge in [0, 0.05) is 29.5 Å². The number of carbonyl (C=O) groups is 1. The van der Waals surface area contributed by atoms with Crippen LogP contribution in [-0.2, 0) is 17.4 Å². The van der Waals surface area contributed by atoms with Crippen molar-refractivity contribution in [1.82, 2.24) is 9.97 Å². The fourth-order valence-corrected chi connectivity index (χ4v) is 4.43. The molecule has 0 saturated carbocycles. The first-order valence-corrected chi connectivity index (χ1v) is 11.7. The fraction of sp³-hybridized carbons (Fsp3) is 0.320. The Bertz CT molecular complexity index is 1120. The molecule has 3 aromatic rings. The molecule has 1 N–H and O–H groups in total. The SMILES string of the molecule is Cc1cc(SCC[C@H](C)Oc2ccc(C(F)(F)F)cc2-c2ncccn2)ccc1CCC(=O)O. The molecule has 0 aliphatic rings. The molecule has 2 aromatic carbocycles. The van der Waals surface area contributed by atoms with Gasteiger partial charge in [0.25, 0.3) is 0 Å². The van der Waals surface area contributed by atoms with Crippen molar-refractivity contribution in [3.8, 4) is 17.1 Å². The van der Waals surface area contributed by atoms with Gasteiger partial charge in [-0.05, 0) is 74.2 Å². The molecule has 1 heterocycles. The second-order valence-corrected chi connectivity index (χ2v) is 9.00. The predicted octanol–water partition coefficient (Wildman–Crippen LogP) is 6.44. The second-order valence-electron chi connectivity index (χ2n) is 7.83. The summed E-state index contributed by atoms with van der Waals surface area (Å²) >= 11 is 1.64. The number of aliphatic carboxylic acids is 1. The van der Waals surface area contributed by atoms with Crippen molar-refractivity contribution in [2.45, 2.75) is 50.3 Å². The minimum atomic E-state index is -4.48. The van der Waals surface area contributed by atoms with E-state index in [-0.39, 0.29) is 23.9 Å². The fourth-order valence-electron chi connectivity index (χ4n) is 3.32. The smallest absolute Gasteiger partial charge is 0.416 e. The lowest BCUT2D eigenvalue weighted by molar-refractivity contribution is -0.138. The Morgan fingerprint density at radius 1 is 1.15 bits per heavy atom. The topological polar surface area (TPSA) is 72.3 Å². The van der Waals surface area contributed by atoms with Gasteiger partial charge in [-0.15, -0.1) is 11.8 Å². The molecule has 0 radical (unpaired) electrons. The molecule has 0 bridgehead atoms. The summed E-state index contributed by atoms with van der Waals surface area (Å²) < 4.78 is 45.7. The zero-order chi connectivity index (χ0) is 24.7. The van der Waals surface area contributed by atoms with Crippen LogP contribution in [0.1, 0.15) is 36.5 Å². The van der Waals surface area contributed by atoms with Crippen molar-refractivity contribution in [3.05, 3.63) is 71.5 Å². The lowest BCUT2D eigenvalue weighted by atomic mass is 10.0. The number of alkyl halides is 3. The van der Waals surface area contributed by atoms with E-state index >= 15 is 0 Å². The quantitative estimate of drug-likeness (QED) is 0.330. The van der Waals surface area contributed by atoms with Crippen LogP contribution in [0.15, 0.2) is 59.8 Å². The number of benzene rings is 2. The molecule has 0 aliphatic heterocycles. The van der Waals surface area contributed by atoms with Gasteiger partial charge in [0.15, 0.2) is 5.82 Å². The van der Waals surface area contributed by atoms with Gasteiger partial charge in [0.2, 0.25) is 0 Å². The summed E-state index contributed by atoms with van der Waals surface area (Å²) in [7, 11) is 0. The molecule has 0 spiro atoms. The second kappa shape index (κ2) is 11.4. The molecule has 1 aromatic heterocycles. The molecule has 0 aliphatic carbocycles. The van der Waals surface area contributed by atoms with E-state index in [1.807, 2.05) is 32.0 Å². The van der Waals surface area contributed by atoms with Crippen LogP contribution < -0.4 is 4.74 Å². The monoisotopic (exact) mass is 490 g/mol. The molecular formula is C25H25F3N2O3S. The van der Waals surface area contributed by atoms with E-state index in [1.165, 1.54) is 18.5 Å². The lowest BCUT2D eigenvalue weighted by Crippen LogP contribution is -2.14. The third-order valence-corrected chi connectivity index (χ3v) is 6.18. The highest BCUT2D eigenvalue weighted by Crippen LogP contribution is 2.36. The van der Waals surface area contributed by atoms with Gasteiger partial charge in [-0.1, -0.05) is 6.07 Å². The number of hydrogen-bond acceptors (Lipinski definition) is 5. The minimum Gasteiger partial charge on any atom is -0.490 e. The van der Waals surface area contributed by atoms with E-state index in [1.54, 1.807) is 17.8 Å². The molecule has 1 atom stereocenters. The normalized spacial score (nSPS) is 12.4. The molecule has 5 nitrogen and oxygen atoms in total. The highest BCUT2D eigenvalue weighted by Gasteiger charge is 2.31. The first-order chi connectivity index (χ1) is 16.1. The van der Waals surface area contributed by atoms with Crippen molar-refractivity contribution < 1.29 is 27.8 Å². The van der Waals surface area contributed by atoms with Gasteiger partial charge in [-0.3, -0.25) is 4.79 Å². The van der Waals surface area contributed by atoms with Crippen molar-refractivity contribution in [3.63, 3.8) is 0 Å². The van der Waals surface area contributed by atoms with Crippen molar-refractivity contribution in [1.29, 1.82) is 0 Å². The van der Waals surface area contributed by atoms with Crippen LogP contribution in [0.5, 0.6) is 5.75 Å². The summed E-state index contributed by atoms with van der Waals surface area (Å²) in [6.45, 7) is 3.83. The highest BCUT2D eigenvalue weighted by atomic mass is 32.2. The van der Waals surface area contributed by atoms with Crippen LogP contribution in [0.25, 0.3) is 11.4 Å². The maximum Gasteiger partial charge on any atom is 0.416 e. The van der Waals surface area contributed by atoms with E-state index in [9.17, 15) is 18.0 Å². The maximum atomic E-state index is 13.2. The highest BCUT2D eigenvalue weighted by molar-refractivity contribution is 7.99. The third-order valence-electron chi connectivity index (χ3n) is 5.16. The Morgan fingerprint density at radius 3 is 2.53 bits per heavy atom. The Morgan fingerprint density at radius 2 is 1.88 bits per heavy atom. The van der Waals surface area contributed by atoms with E-state index in [2.05, 4.69) is 9.97 Å². The van der Waals surface area contributed by atoms with Crippen molar-refractivity contribution in [2.75, 3.05) is 5.75 Å². The summed E-state index contributed by atoms with van der Waals surface area (Å²) in [5.41, 5.74) is 1.48. The Hall–Kier alpha value is -3.07. The molecule has 0 fully saturated rings. The van der Waals surface area contributed by atoms with Crippen LogP contribution in [0.4, 0.5) is 13.2 Å². The van der Waals surface area contributed by atoms with Crippen LogP contribution in [-0.4, -0.2) is 32.9 Å². The van der Waals surface area contributed by atoms with Crippen LogP contribution >= 0.6 is 11.8 Å². The number of aryl methyl sites for hydroxylation is 2. The number of nitrogens with zero attached hydrogens (tertiary/aromatic N) is 2. The average molecular weight is 491 g/mol. The number of ether oxygens (including phenoxy) is 1. The van der Waals surface area contributed by atoms with Crippen molar-refractivity contribution >= 4 is 17.7 Å². The standard InChI is InChI=1S/C25H25F3N2O3S/c1-16-14-20(7-4-18(16)5-9-23(31)32)34-13-10-17(2)33-22-8-6-19(25(26,27)28)15-21(22)24-29-11-3-12-30-24/h3-4,6-8,11-12,14-15,17H,5,9-10,13H2,1-2H3,(H,31,32)/t17-/m0/s1. The van der Waals surface area contributed by atoms with E-state index < -0.39 is 17.7 Å². The molecule has 0 unspecified atom stereocenters. The summed E-state index contributed by atoms with van der Waals surface area (Å²) in [4.78, 5) is 20.0. The molecule has 3 rings (SSSR count). The largest absolute Gasteiger partial charge is 0.490 e. The zero-order valence-electron chi connectivity index (χ0n) is 18.8. The minimum absolute atomic E-state index is 0.0993. The molecule has 34 heavy (non-hydrogen) atoms. The summed E-state index contributed by atoms with van der Waals surface area (Å²) in [6, 6.07) is 10.9.